The minimum atomic E-state index is -0.369. The van der Waals surface area contributed by atoms with E-state index >= 15 is 0 Å². The molecule has 390 valence electrons. The lowest BCUT2D eigenvalue weighted by atomic mass is 10.1. The van der Waals surface area contributed by atoms with Crippen molar-refractivity contribution in [2.24, 2.45) is 0 Å². The van der Waals surface area contributed by atoms with Crippen LogP contribution in [0.5, 0.6) is 11.5 Å². The van der Waals surface area contributed by atoms with Crippen molar-refractivity contribution in [3.8, 4) is 22.9 Å². The first-order valence-corrected chi connectivity index (χ1v) is 25.7. The number of hydrogen-bond acceptors (Lipinski definition) is 15. The maximum Gasteiger partial charge on any atom is 0.344 e. The second-order valence-electron chi connectivity index (χ2n) is 18.0. The number of rotatable bonds is 15. The molecular weight excluding hydrogens is 949 g/mol. The van der Waals surface area contributed by atoms with Gasteiger partial charge in [0.2, 0.25) is 0 Å². The van der Waals surface area contributed by atoms with Crippen LogP contribution in [0, 0.1) is 13.8 Å². The molecule has 0 aliphatic carbocycles. The summed E-state index contributed by atoms with van der Waals surface area (Å²) in [5, 5.41) is 14.4. The van der Waals surface area contributed by atoms with E-state index in [1.54, 1.807) is 37.0 Å². The second kappa shape index (κ2) is 26.7. The molecule has 0 bridgehead atoms. The molecule has 2 saturated heterocycles. The van der Waals surface area contributed by atoms with Crippen molar-refractivity contribution < 1.29 is 33.3 Å². The number of carbonyl (C=O) groups is 3. The van der Waals surface area contributed by atoms with Gasteiger partial charge in [-0.2, -0.15) is 10.2 Å². The van der Waals surface area contributed by atoms with Gasteiger partial charge in [0.1, 0.15) is 28.6 Å². The molecule has 6 heterocycles. The predicted octanol–water partition coefficient (Wildman–Crippen LogP) is 8.35. The van der Waals surface area contributed by atoms with Gasteiger partial charge in [-0.15, -0.1) is 0 Å². The zero-order chi connectivity index (χ0) is 52.4. The molecule has 2 aliphatic heterocycles. The normalized spacial score (nSPS) is 13.9. The second-order valence-corrected chi connectivity index (χ2v) is 18.0. The fourth-order valence-electron chi connectivity index (χ4n) is 9.22. The highest BCUT2D eigenvalue weighted by molar-refractivity contribution is 5.97. The van der Waals surface area contributed by atoms with E-state index in [2.05, 4.69) is 72.6 Å². The Morgan fingerprint density at radius 3 is 1.71 bits per heavy atom. The van der Waals surface area contributed by atoms with Gasteiger partial charge in [0.15, 0.2) is 19.5 Å². The predicted molar refractivity (Wildman–Crippen MR) is 292 cm³/mol. The number of anilines is 2. The van der Waals surface area contributed by atoms with E-state index in [0.717, 1.165) is 145 Å². The number of fused-ring (bicyclic) bond motifs is 2. The molecule has 75 heavy (non-hydrogen) atoms. The first kappa shape index (κ1) is 53.2. The number of aryl methyl sites for hydroxylation is 2. The van der Waals surface area contributed by atoms with Gasteiger partial charge in [0.25, 0.3) is 0 Å². The third-order valence-corrected chi connectivity index (χ3v) is 12.7. The Labute approximate surface area is 438 Å². The third-order valence-electron chi connectivity index (χ3n) is 12.7. The van der Waals surface area contributed by atoms with Crippen LogP contribution < -0.4 is 24.6 Å². The van der Waals surface area contributed by atoms with E-state index in [9.17, 15) is 14.4 Å². The number of hydrogen-bond donors (Lipinski definition) is 1. The van der Waals surface area contributed by atoms with Gasteiger partial charge in [-0.05, 0) is 119 Å². The number of nitrogens with zero attached hydrogens (tertiary/aromatic N) is 9. The molecule has 8 aromatic rings. The smallest absolute Gasteiger partial charge is 0.344 e. The summed E-state index contributed by atoms with van der Waals surface area (Å²) in [5.74, 6) is 0.702. The number of aldehydes is 1. The molecule has 0 unspecified atom stereocenters. The topological polar surface area (TPSA) is 171 Å². The SMILES string of the molecule is CCOC(=O)COc1c(C)cc2cccnc2c1N1CCCN(Cc2ccn(-c3ccccc3)n2)CC1.CCOC(=O)COc1c(C)cc2cccnc2c1N1CCCNCC1.O=Cc1ccn(-c2ccccc2)n1. The molecule has 17 nitrogen and oxygen atoms in total. The summed E-state index contributed by atoms with van der Waals surface area (Å²) in [4.78, 5) is 50.6. The van der Waals surface area contributed by atoms with Crippen LogP contribution in [0.2, 0.25) is 0 Å². The molecule has 4 aromatic heterocycles. The van der Waals surface area contributed by atoms with E-state index in [0.29, 0.717) is 24.7 Å². The maximum atomic E-state index is 12.1. The quantitative estimate of drug-likeness (QED) is 0.0767. The number of para-hydroxylation sites is 2. The van der Waals surface area contributed by atoms with Crippen LogP contribution in [0.15, 0.2) is 134 Å². The summed E-state index contributed by atoms with van der Waals surface area (Å²) >= 11 is 0. The standard InChI is InChI=1S/C29H33N5O3.C19H25N3O3.C10H8N2O/c1-3-36-26(35)21-37-29-22(2)19-23-9-7-13-30-27(23)28(29)33-15-8-14-32(17-18-33)20-24-12-16-34(31-24)25-10-5-4-6-11-25;1-3-24-16(23)13-25-19-14(2)12-15-6-4-8-21-17(15)18(19)22-10-5-7-20-9-11-22;13-8-9-6-7-12(11-9)10-4-2-1-3-5-10/h4-7,9-13,16,19H,3,8,14-15,17-18,20-21H2,1-2H3;4,6,8,12,20H,3,5,7,9-11,13H2,1-2H3;1-8H. The molecule has 4 aromatic carbocycles. The summed E-state index contributed by atoms with van der Waals surface area (Å²) in [6.45, 7) is 16.2. The maximum absolute atomic E-state index is 12.1. The molecule has 2 aliphatic rings. The number of carbonyl (C=O) groups excluding carboxylic acids is 3. The fourth-order valence-corrected chi connectivity index (χ4v) is 9.22. The Balaban J connectivity index is 0.000000168. The number of aromatic nitrogens is 6. The van der Waals surface area contributed by atoms with Crippen LogP contribution in [0.25, 0.3) is 33.2 Å². The van der Waals surface area contributed by atoms with Crippen molar-refractivity contribution in [1.82, 2.24) is 39.7 Å². The van der Waals surface area contributed by atoms with Gasteiger partial charge in [-0.3, -0.25) is 19.7 Å². The highest BCUT2D eigenvalue weighted by Crippen LogP contribution is 2.40. The molecule has 0 radical (unpaired) electrons. The Hall–Kier alpha value is -8.15. The van der Waals surface area contributed by atoms with Crippen LogP contribution in [-0.2, 0) is 25.6 Å². The van der Waals surface area contributed by atoms with Crippen molar-refractivity contribution in [3.63, 3.8) is 0 Å². The summed E-state index contributed by atoms with van der Waals surface area (Å²) in [5.41, 5.74) is 9.22. The molecule has 0 saturated carbocycles. The highest BCUT2D eigenvalue weighted by Gasteiger charge is 2.25. The van der Waals surface area contributed by atoms with E-state index in [1.165, 1.54) is 0 Å². The Bertz CT molecular complexity index is 3120. The fraction of sp³-hybridized carbons (Fsp3) is 0.328. The van der Waals surface area contributed by atoms with Crippen LogP contribution in [-0.4, -0.2) is 131 Å². The molecule has 0 spiro atoms. The lowest BCUT2D eigenvalue weighted by Crippen LogP contribution is -2.31. The lowest BCUT2D eigenvalue weighted by molar-refractivity contribution is -0.146. The number of esters is 2. The van der Waals surface area contributed by atoms with Crippen molar-refractivity contribution in [3.05, 3.63) is 156 Å². The lowest BCUT2D eigenvalue weighted by Gasteiger charge is -2.27. The van der Waals surface area contributed by atoms with Gasteiger partial charge in [0.05, 0.1) is 41.3 Å². The van der Waals surface area contributed by atoms with Crippen molar-refractivity contribution >= 4 is 51.4 Å². The molecular formula is C58H66N10O7. The number of pyridine rings is 2. The number of ether oxygens (including phenoxy) is 4. The molecule has 10 rings (SSSR count). The average Bonchev–Trinajstić information content (AvgIpc) is 3.97. The molecule has 1 N–H and O–H groups in total. The molecule has 0 atom stereocenters. The van der Waals surface area contributed by atoms with Crippen molar-refractivity contribution in [1.29, 1.82) is 0 Å². The van der Waals surface area contributed by atoms with Crippen molar-refractivity contribution in [2.75, 3.05) is 88.6 Å². The van der Waals surface area contributed by atoms with E-state index in [4.69, 9.17) is 29.0 Å². The Kier molecular flexibility index (Phi) is 18.9. The first-order chi connectivity index (χ1) is 36.7. The number of benzene rings is 4. The van der Waals surface area contributed by atoms with E-state index in [1.807, 2.05) is 91.6 Å². The highest BCUT2D eigenvalue weighted by atomic mass is 16.6. The Morgan fingerprint density at radius 2 is 1.15 bits per heavy atom. The minimum Gasteiger partial charge on any atom is -0.479 e. The summed E-state index contributed by atoms with van der Waals surface area (Å²) < 4.78 is 25.7. The third kappa shape index (κ3) is 14.1. The Morgan fingerprint density at radius 1 is 0.600 bits per heavy atom. The summed E-state index contributed by atoms with van der Waals surface area (Å²) in [7, 11) is 0. The van der Waals surface area contributed by atoms with Crippen LogP contribution >= 0.6 is 0 Å². The molecule has 0 amide bonds. The monoisotopic (exact) mass is 1010 g/mol. The zero-order valence-electron chi connectivity index (χ0n) is 43.3. The zero-order valence-corrected chi connectivity index (χ0v) is 43.3. The first-order valence-electron chi connectivity index (χ1n) is 25.7. The largest absolute Gasteiger partial charge is 0.479 e. The molecule has 17 heteroatoms. The van der Waals surface area contributed by atoms with Crippen LogP contribution in [0.4, 0.5) is 11.4 Å². The van der Waals surface area contributed by atoms with Crippen LogP contribution in [0.3, 0.4) is 0 Å². The van der Waals surface area contributed by atoms with Crippen LogP contribution in [0.1, 0.15) is 54.0 Å². The van der Waals surface area contributed by atoms with Gasteiger partial charge in [-0.1, -0.05) is 48.5 Å². The minimum absolute atomic E-state index is 0.0912. The van der Waals surface area contributed by atoms with Gasteiger partial charge in [-0.25, -0.2) is 19.0 Å². The van der Waals surface area contributed by atoms with E-state index < -0.39 is 0 Å². The summed E-state index contributed by atoms with van der Waals surface area (Å²) in [6.07, 6.45) is 10.2. The van der Waals surface area contributed by atoms with E-state index in [-0.39, 0.29) is 25.2 Å². The average molecular weight is 1020 g/mol. The number of nitrogens with one attached hydrogen (secondary N) is 1. The molecule has 2 fully saturated rings. The van der Waals surface area contributed by atoms with Gasteiger partial charge >= 0.3 is 11.9 Å². The summed E-state index contributed by atoms with van der Waals surface area (Å²) in [6, 6.07) is 35.7. The van der Waals surface area contributed by atoms with Gasteiger partial charge < -0.3 is 34.1 Å². The van der Waals surface area contributed by atoms with Gasteiger partial charge in [0, 0.05) is 87.9 Å². The van der Waals surface area contributed by atoms with Crippen molar-refractivity contribution in [2.45, 2.75) is 47.1 Å².